The van der Waals surface area contributed by atoms with Crippen LogP contribution in [-0.4, -0.2) is 53.0 Å². The van der Waals surface area contributed by atoms with Gasteiger partial charge >= 0.3 is 5.97 Å². The van der Waals surface area contributed by atoms with Crippen LogP contribution >= 0.6 is 11.6 Å². The number of sulfonamides is 1. The molecule has 0 saturated heterocycles. The van der Waals surface area contributed by atoms with Gasteiger partial charge in [0.25, 0.3) is 10.0 Å². The molecule has 3 aromatic carbocycles. The Kier molecular flexibility index (Phi) is 9.50. The minimum absolute atomic E-state index is 0.0188. The average molecular weight is 520 g/mol. The molecular formula is C25H26ClNO7S. The molecule has 0 atom stereocenters. The highest BCUT2D eigenvalue weighted by molar-refractivity contribution is 7.92. The van der Waals surface area contributed by atoms with Crippen LogP contribution in [0, 0.1) is 0 Å². The number of halogens is 1. The van der Waals surface area contributed by atoms with Crippen LogP contribution < -0.4 is 9.04 Å². The van der Waals surface area contributed by atoms with E-state index in [4.69, 9.17) is 30.9 Å². The number of carboxylic acid groups (broad SMARTS) is 1. The summed E-state index contributed by atoms with van der Waals surface area (Å²) in [5, 5.41) is 9.41. The fourth-order valence-electron chi connectivity index (χ4n) is 3.19. The van der Waals surface area contributed by atoms with Crippen LogP contribution in [0.15, 0.2) is 77.7 Å². The van der Waals surface area contributed by atoms with Gasteiger partial charge in [-0.15, -0.1) is 0 Å². The molecule has 0 spiro atoms. The van der Waals surface area contributed by atoms with Gasteiger partial charge in [0.2, 0.25) is 0 Å². The molecule has 0 fully saturated rings. The predicted octanol–water partition coefficient (Wildman–Crippen LogP) is 4.48. The quantitative estimate of drug-likeness (QED) is 0.332. The monoisotopic (exact) mass is 519 g/mol. The third-order valence-corrected chi connectivity index (χ3v) is 7.05. The van der Waals surface area contributed by atoms with E-state index in [0.717, 1.165) is 5.56 Å². The molecule has 186 valence electrons. The van der Waals surface area contributed by atoms with Gasteiger partial charge in [-0.3, -0.25) is 4.31 Å². The number of hydrogen-bond acceptors (Lipinski definition) is 6. The van der Waals surface area contributed by atoms with Crippen LogP contribution in [-0.2, 0) is 26.1 Å². The number of methoxy groups -OCH3 is 1. The SMILES string of the molecule is COCCOCCN(c1cc(Cl)ccc1OCc1ccc(C(=O)O)cc1)S(=O)(=O)c1ccccc1. The molecule has 0 saturated carbocycles. The van der Waals surface area contributed by atoms with E-state index in [1.54, 1.807) is 49.6 Å². The van der Waals surface area contributed by atoms with E-state index in [1.807, 2.05) is 0 Å². The number of rotatable bonds is 13. The van der Waals surface area contributed by atoms with Gasteiger partial charge in [0.15, 0.2) is 0 Å². The topological polar surface area (TPSA) is 102 Å². The first-order valence-corrected chi connectivity index (χ1v) is 12.5. The van der Waals surface area contributed by atoms with Gasteiger partial charge in [-0.1, -0.05) is 41.9 Å². The maximum Gasteiger partial charge on any atom is 0.335 e. The Morgan fingerprint density at radius 3 is 2.34 bits per heavy atom. The molecular weight excluding hydrogens is 494 g/mol. The van der Waals surface area contributed by atoms with Crippen molar-refractivity contribution in [2.75, 3.05) is 37.8 Å². The first-order chi connectivity index (χ1) is 16.8. The molecule has 8 nitrogen and oxygen atoms in total. The van der Waals surface area contributed by atoms with Crippen molar-refractivity contribution in [3.63, 3.8) is 0 Å². The van der Waals surface area contributed by atoms with Gasteiger partial charge in [0.05, 0.1) is 42.5 Å². The van der Waals surface area contributed by atoms with Crippen LogP contribution in [0.1, 0.15) is 15.9 Å². The largest absolute Gasteiger partial charge is 0.487 e. The lowest BCUT2D eigenvalue weighted by atomic mass is 10.1. The minimum atomic E-state index is -3.97. The maximum atomic E-state index is 13.6. The molecule has 0 unspecified atom stereocenters. The molecule has 1 N–H and O–H groups in total. The van der Waals surface area contributed by atoms with Gasteiger partial charge in [-0.25, -0.2) is 13.2 Å². The summed E-state index contributed by atoms with van der Waals surface area (Å²) in [7, 11) is -2.41. The molecule has 0 amide bonds. The van der Waals surface area contributed by atoms with E-state index in [0.29, 0.717) is 24.0 Å². The summed E-state index contributed by atoms with van der Waals surface area (Å²) in [6, 6.07) is 19.0. The predicted molar refractivity (Wildman–Crippen MR) is 133 cm³/mol. The number of anilines is 1. The first kappa shape index (κ1) is 26.5. The van der Waals surface area contributed by atoms with Gasteiger partial charge in [-0.05, 0) is 48.0 Å². The normalized spacial score (nSPS) is 11.3. The molecule has 0 aliphatic heterocycles. The molecule has 0 radical (unpaired) electrons. The Morgan fingerprint density at radius 1 is 0.971 bits per heavy atom. The number of carbonyl (C=O) groups is 1. The summed E-state index contributed by atoms with van der Waals surface area (Å²) in [4.78, 5) is 11.2. The third-order valence-electron chi connectivity index (χ3n) is 4.99. The number of nitrogens with zero attached hydrogens (tertiary/aromatic N) is 1. The summed E-state index contributed by atoms with van der Waals surface area (Å²) in [5.41, 5.74) is 1.14. The molecule has 0 aliphatic carbocycles. The molecule has 0 bridgehead atoms. The Balaban J connectivity index is 1.91. The molecule has 35 heavy (non-hydrogen) atoms. The van der Waals surface area contributed by atoms with E-state index < -0.39 is 16.0 Å². The Hall–Kier alpha value is -3.11. The van der Waals surface area contributed by atoms with Crippen molar-refractivity contribution in [2.45, 2.75) is 11.5 Å². The van der Waals surface area contributed by atoms with E-state index in [2.05, 4.69) is 0 Å². The highest BCUT2D eigenvalue weighted by atomic mass is 35.5. The Labute approximate surface area is 209 Å². The zero-order chi connectivity index (χ0) is 25.3. The van der Waals surface area contributed by atoms with Crippen molar-refractivity contribution in [3.05, 3.63) is 88.9 Å². The van der Waals surface area contributed by atoms with Crippen molar-refractivity contribution in [1.29, 1.82) is 0 Å². The zero-order valence-electron chi connectivity index (χ0n) is 19.1. The van der Waals surface area contributed by atoms with E-state index >= 15 is 0 Å². The van der Waals surface area contributed by atoms with Gasteiger partial charge < -0.3 is 19.3 Å². The highest BCUT2D eigenvalue weighted by Gasteiger charge is 2.27. The lowest BCUT2D eigenvalue weighted by molar-refractivity contribution is 0.0696. The number of carboxylic acids is 1. The molecule has 0 aliphatic rings. The van der Waals surface area contributed by atoms with Gasteiger partial charge in [-0.2, -0.15) is 0 Å². The third kappa shape index (κ3) is 7.19. The molecule has 10 heteroatoms. The van der Waals surface area contributed by atoms with Crippen molar-refractivity contribution >= 4 is 33.3 Å². The second kappa shape index (κ2) is 12.6. The van der Waals surface area contributed by atoms with Crippen LogP contribution in [0.4, 0.5) is 5.69 Å². The van der Waals surface area contributed by atoms with Gasteiger partial charge in [0.1, 0.15) is 12.4 Å². The summed E-state index contributed by atoms with van der Waals surface area (Å²) in [6.45, 7) is 0.944. The Morgan fingerprint density at radius 2 is 1.69 bits per heavy atom. The number of hydrogen-bond donors (Lipinski definition) is 1. The Bertz CT molecular complexity index is 1220. The van der Waals surface area contributed by atoms with Crippen LogP contribution in [0.3, 0.4) is 0 Å². The summed E-state index contributed by atoms with van der Waals surface area (Å²) < 4.78 is 44.8. The van der Waals surface area contributed by atoms with Gasteiger partial charge in [0, 0.05) is 12.1 Å². The molecule has 3 aromatic rings. The molecule has 3 rings (SSSR count). The van der Waals surface area contributed by atoms with E-state index in [-0.39, 0.29) is 35.9 Å². The van der Waals surface area contributed by atoms with Crippen LogP contribution in [0.25, 0.3) is 0 Å². The minimum Gasteiger partial charge on any atom is -0.487 e. The second-order valence-corrected chi connectivity index (χ2v) is 9.70. The highest BCUT2D eigenvalue weighted by Crippen LogP contribution is 2.35. The zero-order valence-corrected chi connectivity index (χ0v) is 20.7. The van der Waals surface area contributed by atoms with Crippen molar-refractivity contribution < 1.29 is 32.5 Å². The van der Waals surface area contributed by atoms with E-state index in [1.165, 1.54) is 34.6 Å². The lowest BCUT2D eigenvalue weighted by Gasteiger charge is -2.26. The lowest BCUT2D eigenvalue weighted by Crippen LogP contribution is -2.34. The fraction of sp³-hybridized carbons (Fsp3) is 0.240. The maximum absolute atomic E-state index is 13.6. The first-order valence-electron chi connectivity index (χ1n) is 10.7. The van der Waals surface area contributed by atoms with Crippen molar-refractivity contribution in [1.82, 2.24) is 0 Å². The van der Waals surface area contributed by atoms with Crippen molar-refractivity contribution in [2.24, 2.45) is 0 Å². The summed E-state index contributed by atoms with van der Waals surface area (Å²) in [5.74, 6) is -0.722. The molecule has 0 heterocycles. The van der Waals surface area contributed by atoms with E-state index in [9.17, 15) is 13.2 Å². The average Bonchev–Trinajstić information content (AvgIpc) is 2.86. The van der Waals surface area contributed by atoms with Crippen LogP contribution in [0.2, 0.25) is 5.02 Å². The standard InChI is InChI=1S/C25H26ClNO7S/c1-32-15-16-33-14-13-27(35(30,31)22-5-3-2-4-6-22)23-17-21(26)11-12-24(23)34-18-19-7-9-20(10-8-19)25(28)29/h2-12,17H,13-16,18H2,1H3,(H,28,29). The number of aromatic carboxylic acids is 1. The second-order valence-electron chi connectivity index (χ2n) is 7.40. The fourth-order valence-corrected chi connectivity index (χ4v) is 4.83. The van der Waals surface area contributed by atoms with Crippen molar-refractivity contribution in [3.8, 4) is 5.75 Å². The number of ether oxygens (including phenoxy) is 3. The smallest absolute Gasteiger partial charge is 0.335 e. The number of benzene rings is 3. The van der Waals surface area contributed by atoms with Crippen LogP contribution in [0.5, 0.6) is 5.75 Å². The molecule has 0 aromatic heterocycles. The summed E-state index contributed by atoms with van der Waals surface area (Å²) in [6.07, 6.45) is 0. The summed E-state index contributed by atoms with van der Waals surface area (Å²) >= 11 is 6.24.